The molecule has 3 amide bonds. The summed E-state index contributed by atoms with van der Waals surface area (Å²) in [7, 11) is 4.50. The molecule has 0 aliphatic rings. The average Bonchev–Trinajstić information content (AvgIpc) is 3.59. The minimum Gasteiger partial charge on any atom is -0.496 e. The molecule has 10 nitrogen and oxygen atoms in total. The molecule has 0 saturated heterocycles. The minimum atomic E-state index is -0.575. The van der Waals surface area contributed by atoms with Gasteiger partial charge in [0.25, 0.3) is 11.8 Å². The summed E-state index contributed by atoms with van der Waals surface area (Å²) in [5.74, 6) is 0.141. The molecule has 0 spiro atoms. The molecule has 5 aromatic rings. The number of hydrogen-bond acceptors (Lipinski definition) is 9. The number of hydrogen-bond donors (Lipinski definition) is 3. The maximum absolute atomic E-state index is 13.7. The Kier molecular flexibility index (Phi) is 11.7. The lowest BCUT2D eigenvalue weighted by atomic mass is 10.1. The van der Waals surface area contributed by atoms with E-state index in [0.717, 1.165) is 21.7 Å². The number of anilines is 2. The second-order valence-electron chi connectivity index (χ2n) is 10.6. The van der Waals surface area contributed by atoms with Crippen LogP contribution in [-0.4, -0.2) is 49.8 Å². The zero-order valence-corrected chi connectivity index (χ0v) is 28.9. The topological polar surface area (TPSA) is 128 Å². The molecule has 0 atom stereocenters. The van der Waals surface area contributed by atoms with Gasteiger partial charge in [-0.25, -0.2) is 4.98 Å². The Hall–Kier alpha value is -5.59. The first-order valence-electron chi connectivity index (χ1n) is 15.0. The van der Waals surface area contributed by atoms with Crippen LogP contribution in [0.3, 0.4) is 0 Å². The standard InChI is InChI=1S/C37H34N4O6S2/c1-23-13-15-24(16-14-23)30-21-49-37(40-30)41-34(42)22-48-28-12-8-11-27(19-28)38-36(44)29(39-35(43)25-9-6-5-7-10-25)17-26-18-32(46-3)33(47-4)20-31(26)45-2/h5-21H,22H2,1-4H3,(H,38,44)(H,39,43)(H,40,41,42)/b29-17+. The molecule has 3 N–H and O–H groups in total. The molecule has 4 aromatic carbocycles. The molecule has 0 fully saturated rings. The first-order valence-corrected chi connectivity index (χ1v) is 16.9. The fraction of sp³-hybridized carbons (Fsp3) is 0.135. The van der Waals surface area contributed by atoms with Crippen molar-refractivity contribution in [3.63, 3.8) is 0 Å². The van der Waals surface area contributed by atoms with Gasteiger partial charge in [-0.3, -0.25) is 14.4 Å². The fourth-order valence-corrected chi connectivity index (χ4v) is 6.11. The second-order valence-corrected chi connectivity index (χ2v) is 12.5. The number of aryl methyl sites for hydroxylation is 1. The SMILES string of the molecule is COc1cc(OC)c(OC)cc1/C=C(/NC(=O)c1ccccc1)C(=O)Nc1cccc(SCC(=O)Nc2nc(-c3ccc(C)cc3)cs2)c1. The molecule has 0 radical (unpaired) electrons. The van der Waals surface area contributed by atoms with Gasteiger partial charge in [-0.15, -0.1) is 23.1 Å². The van der Waals surface area contributed by atoms with Gasteiger partial charge in [0.05, 0.1) is 32.8 Å². The van der Waals surface area contributed by atoms with E-state index < -0.39 is 11.8 Å². The van der Waals surface area contributed by atoms with Crippen LogP contribution in [0.1, 0.15) is 21.5 Å². The maximum atomic E-state index is 13.7. The Morgan fingerprint density at radius 1 is 0.816 bits per heavy atom. The number of ether oxygens (including phenoxy) is 3. The molecule has 250 valence electrons. The molecule has 12 heteroatoms. The quantitative estimate of drug-likeness (QED) is 0.0867. The number of carbonyl (C=O) groups excluding carboxylic acids is 3. The van der Waals surface area contributed by atoms with Gasteiger partial charge in [0.15, 0.2) is 16.6 Å². The van der Waals surface area contributed by atoms with E-state index in [1.807, 2.05) is 42.6 Å². The molecule has 0 unspecified atom stereocenters. The van der Waals surface area contributed by atoms with Crippen LogP contribution in [0.25, 0.3) is 17.3 Å². The van der Waals surface area contributed by atoms with Crippen molar-refractivity contribution >= 4 is 57.7 Å². The summed E-state index contributed by atoms with van der Waals surface area (Å²) < 4.78 is 16.4. The van der Waals surface area contributed by atoms with Crippen molar-refractivity contribution in [3.05, 3.63) is 119 Å². The highest BCUT2D eigenvalue weighted by Gasteiger charge is 2.18. The van der Waals surface area contributed by atoms with Crippen LogP contribution in [0.4, 0.5) is 10.8 Å². The van der Waals surface area contributed by atoms with Crippen LogP contribution in [0.15, 0.2) is 107 Å². The Balaban J connectivity index is 1.29. The van der Waals surface area contributed by atoms with Crippen molar-refractivity contribution in [2.24, 2.45) is 0 Å². The molecule has 49 heavy (non-hydrogen) atoms. The molecule has 1 aromatic heterocycles. The van der Waals surface area contributed by atoms with E-state index in [2.05, 4.69) is 20.9 Å². The third-order valence-electron chi connectivity index (χ3n) is 7.12. The molecule has 0 bridgehead atoms. The minimum absolute atomic E-state index is 0.0368. The van der Waals surface area contributed by atoms with Crippen LogP contribution >= 0.6 is 23.1 Å². The summed E-state index contributed by atoms with van der Waals surface area (Å²) >= 11 is 2.68. The summed E-state index contributed by atoms with van der Waals surface area (Å²) in [6.07, 6.45) is 1.50. The highest BCUT2D eigenvalue weighted by molar-refractivity contribution is 8.00. The first kappa shape index (κ1) is 34.7. The number of thiazole rings is 1. The third kappa shape index (κ3) is 9.28. The number of nitrogens with one attached hydrogen (secondary N) is 3. The predicted molar refractivity (Wildman–Crippen MR) is 195 cm³/mol. The number of rotatable bonds is 13. The van der Waals surface area contributed by atoms with Gasteiger partial charge in [0.1, 0.15) is 11.4 Å². The average molecular weight is 695 g/mol. The van der Waals surface area contributed by atoms with Crippen molar-refractivity contribution in [3.8, 4) is 28.5 Å². The molecule has 5 rings (SSSR count). The fourth-order valence-electron chi connectivity index (χ4n) is 4.62. The van der Waals surface area contributed by atoms with E-state index in [1.54, 1.807) is 60.7 Å². The van der Waals surface area contributed by atoms with Crippen LogP contribution in [0.2, 0.25) is 0 Å². The van der Waals surface area contributed by atoms with E-state index in [1.165, 1.54) is 50.5 Å². The smallest absolute Gasteiger partial charge is 0.272 e. The molecular weight excluding hydrogens is 661 g/mol. The molecule has 0 aliphatic carbocycles. The Morgan fingerprint density at radius 3 is 2.24 bits per heavy atom. The molecule has 0 saturated carbocycles. The zero-order valence-electron chi connectivity index (χ0n) is 27.2. The van der Waals surface area contributed by atoms with Crippen molar-refractivity contribution in [2.45, 2.75) is 11.8 Å². The van der Waals surface area contributed by atoms with E-state index in [4.69, 9.17) is 14.2 Å². The Morgan fingerprint density at radius 2 is 1.53 bits per heavy atom. The Bertz CT molecular complexity index is 1980. The van der Waals surface area contributed by atoms with Gasteiger partial charge in [-0.2, -0.15) is 0 Å². The van der Waals surface area contributed by atoms with Crippen LogP contribution in [0.5, 0.6) is 17.2 Å². The molecular formula is C37H34N4O6S2. The Labute approximate surface area is 292 Å². The van der Waals surface area contributed by atoms with Crippen LogP contribution in [-0.2, 0) is 9.59 Å². The summed E-state index contributed by atoms with van der Waals surface area (Å²) in [6.45, 7) is 2.03. The highest BCUT2D eigenvalue weighted by atomic mass is 32.2. The largest absolute Gasteiger partial charge is 0.496 e. The zero-order chi connectivity index (χ0) is 34.8. The third-order valence-corrected chi connectivity index (χ3v) is 8.88. The lowest BCUT2D eigenvalue weighted by Crippen LogP contribution is -2.30. The lowest BCUT2D eigenvalue weighted by Gasteiger charge is -2.15. The van der Waals surface area contributed by atoms with Gasteiger partial charge in [0, 0.05) is 38.7 Å². The lowest BCUT2D eigenvalue weighted by molar-refractivity contribution is -0.114. The summed E-state index contributed by atoms with van der Waals surface area (Å²) in [5.41, 5.74) is 4.23. The van der Waals surface area contributed by atoms with Gasteiger partial charge in [-0.1, -0.05) is 54.1 Å². The summed E-state index contributed by atoms with van der Waals surface area (Å²) in [4.78, 5) is 44.9. The van der Waals surface area contributed by atoms with Crippen molar-refractivity contribution in [1.82, 2.24) is 10.3 Å². The number of thioether (sulfide) groups is 1. The second kappa shape index (κ2) is 16.5. The van der Waals surface area contributed by atoms with Gasteiger partial charge >= 0.3 is 0 Å². The predicted octanol–water partition coefficient (Wildman–Crippen LogP) is 7.28. The van der Waals surface area contributed by atoms with E-state index in [-0.39, 0.29) is 17.4 Å². The van der Waals surface area contributed by atoms with E-state index in [9.17, 15) is 14.4 Å². The monoisotopic (exact) mass is 694 g/mol. The van der Waals surface area contributed by atoms with Crippen molar-refractivity contribution < 1.29 is 28.6 Å². The van der Waals surface area contributed by atoms with Crippen molar-refractivity contribution in [2.75, 3.05) is 37.7 Å². The van der Waals surface area contributed by atoms with Crippen molar-refractivity contribution in [1.29, 1.82) is 0 Å². The first-order chi connectivity index (χ1) is 23.8. The van der Waals surface area contributed by atoms with Crippen LogP contribution < -0.4 is 30.2 Å². The number of benzene rings is 4. The van der Waals surface area contributed by atoms with Gasteiger partial charge in [-0.05, 0) is 49.4 Å². The number of amides is 3. The number of carbonyl (C=O) groups is 3. The number of methoxy groups -OCH3 is 3. The van der Waals surface area contributed by atoms with Gasteiger partial charge < -0.3 is 30.2 Å². The van der Waals surface area contributed by atoms with Crippen LogP contribution in [0, 0.1) is 6.92 Å². The maximum Gasteiger partial charge on any atom is 0.272 e. The highest BCUT2D eigenvalue weighted by Crippen LogP contribution is 2.36. The van der Waals surface area contributed by atoms with Gasteiger partial charge in [0.2, 0.25) is 5.91 Å². The number of nitrogens with zero attached hydrogens (tertiary/aromatic N) is 1. The van der Waals surface area contributed by atoms with E-state index >= 15 is 0 Å². The summed E-state index contributed by atoms with van der Waals surface area (Å²) in [6, 6.07) is 27.0. The number of aromatic nitrogens is 1. The molecule has 0 aliphatic heterocycles. The molecule has 1 heterocycles. The van der Waals surface area contributed by atoms with E-state index in [0.29, 0.717) is 39.2 Å². The summed E-state index contributed by atoms with van der Waals surface area (Å²) in [5, 5.41) is 10.9. The normalized spacial score (nSPS) is 11.0.